The van der Waals surface area contributed by atoms with Crippen molar-refractivity contribution in [3.05, 3.63) is 35.1 Å². The third kappa shape index (κ3) is 6.02. The number of unbranched alkanes of at least 4 members (excludes halogenated alkanes) is 1. The summed E-state index contributed by atoms with van der Waals surface area (Å²) in [6, 6.07) is 5.91. The third-order valence-electron chi connectivity index (χ3n) is 3.49. The number of nitrogens with zero attached hydrogens (tertiary/aromatic N) is 1. The normalized spacial score (nSPS) is 11.6. The third-order valence-corrected chi connectivity index (χ3v) is 3.49. The van der Waals surface area contributed by atoms with Crippen LogP contribution in [0.15, 0.2) is 18.2 Å². The number of hydrogen-bond donors (Lipinski definition) is 1. The first-order valence-electron chi connectivity index (χ1n) is 7.79. The largest absolute Gasteiger partial charge is 0.310 e. The second-order valence-corrected chi connectivity index (χ2v) is 5.68. The summed E-state index contributed by atoms with van der Waals surface area (Å²) in [4.78, 5) is 2.31. The molecule has 1 aromatic rings. The van der Waals surface area contributed by atoms with Crippen LogP contribution >= 0.6 is 0 Å². The average Bonchev–Trinajstić information content (AvgIpc) is 2.43. The molecule has 3 heteroatoms. The van der Waals surface area contributed by atoms with Crippen molar-refractivity contribution in [2.75, 3.05) is 13.1 Å². The van der Waals surface area contributed by atoms with Crippen molar-refractivity contribution in [1.82, 2.24) is 10.2 Å². The van der Waals surface area contributed by atoms with E-state index in [0.29, 0.717) is 12.6 Å². The Bertz CT molecular complexity index is 391. The summed E-state index contributed by atoms with van der Waals surface area (Å²) >= 11 is 0. The highest BCUT2D eigenvalue weighted by atomic mass is 19.1. The van der Waals surface area contributed by atoms with E-state index in [-0.39, 0.29) is 5.82 Å². The van der Waals surface area contributed by atoms with Crippen LogP contribution in [0, 0.1) is 5.82 Å². The average molecular weight is 280 g/mol. The van der Waals surface area contributed by atoms with Gasteiger partial charge in [-0.05, 0) is 31.1 Å². The molecule has 1 rings (SSSR count). The van der Waals surface area contributed by atoms with Crippen LogP contribution in [0.3, 0.4) is 0 Å². The van der Waals surface area contributed by atoms with Crippen molar-refractivity contribution >= 4 is 0 Å². The Morgan fingerprint density at radius 2 is 2.00 bits per heavy atom. The molecule has 0 aromatic heterocycles. The van der Waals surface area contributed by atoms with Crippen molar-refractivity contribution in [1.29, 1.82) is 0 Å². The molecule has 0 aliphatic carbocycles. The van der Waals surface area contributed by atoms with Crippen LogP contribution in [0.25, 0.3) is 0 Å². The monoisotopic (exact) mass is 280 g/mol. The van der Waals surface area contributed by atoms with Gasteiger partial charge in [0.25, 0.3) is 0 Å². The molecule has 0 atom stereocenters. The highest BCUT2D eigenvalue weighted by Crippen LogP contribution is 2.14. The van der Waals surface area contributed by atoms with Crippen LogP contribution in [0.4, 0.5) is 4.39 Å². The molecule has 20 heavy (non-hydrogen) atoms. The number of hydrogen-bond acceptors (Lipinski definition) is 2. The van der Waals surface area contributed by atoms with E-state index >= 15 is 0 Å². The summed E-state index contributed by atoms with van der Waals surface area (Å²) in [5.41, 5.74) is 1.97. The molecule has 0 fully saturated rings. The van der Waals surface area contributed by atoms with E-state index in [0.717, 1.165) is 30.8 Å². The molecule has 0 saturated carbocycles. The Hall–Kier alpha value is -0.930. The van der Waals surface area contributed by atoms with Crippen LogP contribution < -0.4 is 5.32 Å². The molecular formula is C17H29FN2. The second kappa shape index (κ2) is 9.09. The minimum atomic E-state index is -0.0896. The fourth-order valence-electron chi connectivity index (χ4n) is 2.15. The van der Waals surface area contributed by atoms with Crippen LogP contribution in [0.2, 0.25) is 0 Å². The van der Waals surface area contributed by atoms with Gasteiger partial charge in [-0.25, -0.2) is 4.39 Å². The molecule has 0 aliphatic rings. The van der Waals surface area contributed by atoms with E-state index < -0.39 is 0 Å². The minimum absolute atomic E-state index is 0.0896. The van der Waals surface area contributed by atoms with Gasteiger partial charge in [-0.2, -0.15) is 0 Å². The highest BCUT2D eigenvalue weighted by Gasteiger charge is 2.09. The zero-order valence-electron chi connectivity index (χ0n) is 13.4. The van der Waals surface area contributed by atoms with Crippen molar-refractivity contribution in [3.63, 3.8) is 0 Å². The molecule has 0 aliphatic heterocycles. The van der Waals surface area contributed by atoms with E-state index in [1.807, 2.05) is 12.1 Å². The maximum absolute atomic E-state index is 13.9. The Labute approximate surface area is 123 Å². The second-order valence-electron chi connectivity index (χ2n) is 5.68. The zero-order valence-corrected chi connectivity index (χ0v) is 13.4. The first-order valence-corrected chi connectivity index (χ1v) is 7.79. The molecule has 0 heterocycles. The van der Waals surface area contributed by atoms with Gasteiger partial charge in [-0.1, -0.05) is 46.2 Å². The summed E-state index contributed by atoms with van der Waals surface area (Å²) in [7, 11) is 0. The first kappa shape index (κ1) is 17.1. The van der Waals surface area contributed by atoms with Crippen molar-refractivity contribution in [3.8, 4) is 0 Å². The Morgan fingerprint density at radius 3 is 2.60 bits per heavy atom. The van der Waals surface area contributed by atoms with Gasteiger partial charge < -0.3 is 5.32 Å². The van der Waals surface area contributed by atoms with Gasteiger partial charge in [0.05, 0.1) is 0 Å². The predicted molar refractivity (Wildman–Crippen MR) is 84.2 cm³/mol. The quantitative estimate of drug-likeness (QED) is 0.737. The summed E-state index contributed by atoms with van der Waals surface area (Å²) in [5.74, 6) is -0.0896. The van der Waals surface area contributed by atoms with Gasteiger partial charge in [0.15, 0.2) is 0 Å². The summed E-state index contributed by atoms with van der Waals surface area (Å²) in [5, 5.41) is 3.37. The van der Waals surface area contributed by atoms with Gasteiger partial charge in [0.1, 0.15) is 5.82 Å². The fraction of sp³-hybridized carbons (Fsp3) is 0.647. The molecule has 2 nitrogen and oxygen atoms in total. The van der Waals surface area contributed by atoms with Crippen molar-refractivity contribution in [2.45, 2.75) is 59.7 Å². The minimum Gasteiger partial charge on any atom is -0.310 e. The maximum Gasteiger partial charge on any atom is 0.127 e. The zero-order chi connectivity index (χ0) is 15.0. The van der Waals surface area contributed by atoms with Gasteiger partial charge >= 0.3 is 0 Å². The van der Waals surface area contributed by atoms with E-state index in [1.165, 1.54) is 12.8 Å². The lowest BCUT2D eigenvalue weighted by atomic mass is 10.1. The summed E-state index contributed by atoms with van der Waals surface area (Å²) < 4.78 is 13.9. The van der Waals surface area contributed by atoms with Gasteiger partial charge in [0.2, 0.25) is 0 Å². The maximum atomic E-state index is 13.9. The number of benzene rings is 1. The Balaban J connectivity index is 2.69. The smallest absolute Gasteiger partial charge is 0.127 e. The van der Waals surface area contributed by atoms with Crippen LogP contribution in [-0.2, 0) is 13.1 Å². The predicted octanol–water partition coefficient (Wildman–Crippen LogP) is 3.95. The van der Waals surface area contributed by atoms with E-state index in [4.69, 9.17) is 0 Å². The lowest BCUT2D eigenvalue weighted by molar-refractivity contribution is 0.271. The molecule has 0 amide bonds. The lowest BCUT2D eigenvalue weighted by Gasteiger charge is -2.21. The van der Waals surface area contributed by atoms with Crippen LogP contribution in [-0.4, -0.2) is 24.0 Å². The SMILES string of the molecule is CCCCN(CC)Cc1cc(CNC(C)C)ccc1F. The van der Waals surface area contributed by atoms with Gasteiger partial charge in [0, 0.05) is 24.7 Å². The highest BCUT2D eigenvalue weighted by molar-refractivity contribution is 5.25. The van der Waals surface area contributed by atoms with Crippen LogP contribution in [0.1, 0.15) is 51.7 Å². The van der Waals surface area contributed by atoms with Gasteiger partial charge in [-0.15, -0.1) is 0 Å². The molecule has 0 bridgehead atoms. The molecule has 0 unspecified atom stereocenters. The van der Waals surface area contributed by atoms with Crippen LogP contribution in [0.5, 0.6) is 0 Å². The summed E-state index contributed by atoms with van der Waals surface area (Å²) in [6.07, 6.45) is 2.35. The lowest BCUT2D eigenvalue weighted by Crippen LogP contribution is -2.25. The van der Waals surface area contributed by atoms with Crippen molar-refractivity contribution < 1.29 is 4.39 Å². The van der Waals surface area contributed by atoms with Gasteiger partial charge in [-0.3, -0.25) is 4.90 Å². The Morgan fingerprint density at radius 1 is 1.25 bits per heavy atom. The fourth-order valence-corrected chi connectivity index (χ4v) is 2.15. The molecule has 0 radical (unpaired) electrons. The molecular weight excluding hydrogens is 251 g/mol. The topological polar surface area (TPSA) is 15.3 Å². The number of rotatable bonds is 9. The first-order chi connectivity index (χ1) is 9.56. The number of nitrogens with one attached hydrogen (secondary N) is 1. The standard InChI is InChI=1S/C17H29FN2/c1-5-7-10-20(6-2)13-16-11-15(8-9-17(16)18)12-19-14(3)4/h8-9,11,14,19H,5-7,10,12-13H2,1-4H3. The Kier molecular flexibility index (Phi) is 7.78. The molecule has 0 saturated heterocycles. The van der Waals surface area contributed by atoms with E-state index in [2.05, 4.69) is 37.9 Å². The molecule has 1 N–H and O–H groups in total. The van der Waals surface area contributed by atoms with E-state index in [9.17, 15) is 4.39 Å². The number of halogens is 1. The molecule has 0 spiro atoms. The van der Waals surface area contributed by atoms with Crippen molar-refractivity contribution in [2.24, 2.45) is 0 Å². The van der Waals surface area contributed by atoms with E-state index in [1.54, 1.807) is 6.07 Å². The molecule has 1 aromatic carbocycles. The molecule has 114 valence electrons. The summed E-state index contributed by atoms with van der Waals surface area (Å²) in [6.45, 7) is 12.1.